The monoisotopic (exact) mass is 272 g/mol. The Morgan fingerprint density at radius 3 is 2.60 bits per heavy atom. The van der Waals surface area contributed by atoms with E-state index in [-0.39, 0.29) is 0 Å². The van der Waals surface area contributed by atoms with Crippen LogP contribution < -0.4 is 4.90 Å². The van der Waals surface area contributed by atoms with Crippen molar-refractivity contribution in [1.29, 1.82) is 0 Å². The Kier molecular flexibility index (Phi) is 2.82. The number of hydrogen-bond donors (Lipinski definition) is 0. The van der Waals surface area contributed by atoms with E-state index in [4.69, 9.17) is 5.10 Å². The highest BCUT2D eigenvalue weighted by atomic mass is 15.6. The van der Waals surface area contributed by atoms with Crippen LogP contribution in [-0.2, 0) is 12.8 Å². The first-order chi connectivity index (χ1) is 9.83. The Hall–Kier alpha value is -1.72. The summed E-state index contributed by atoms with van der Waals surface area (Å²) >= 11 is 0. The van der Waals surface area contributed by atoms with Gasteiger partial charge in [-0.05, 0) is 54.9 Å². The van der Waals surface area contributed by atoms with E-state index < -0.39 is 0 Å². The molecule has 0 N–H and O–H groups in total. The molecule has 0 spiro atoms. The number of hydrogen-bond acceptors (Lipinski definition) is 5. The molecule has 0 unspecified atom stereocenters. The first-order valence-corrected chi connectivity index (χ1v) is 7.68. The van der Waals surface area contributed by atoms with Gasteiger partial charge in [-0.1, -0.05) is 6.92 Å². The fourth-order valence-corrected chi connectivity index (χ4v) is 3.45. The minimum absolute atomic E-state index is 0.832. The summed E-state index contributed by atoms with van der Waals surface area (Å²) in [6.07, 6.45) is 7.19. The van der Waals surface area contributed by atoms with E-state index in [1.165, 1.54) is 36.8 Å². The van der Waals surface area contributed by atoms with Gasteiger partial charge in [0.05, 0.1) is 0 Å². The number of tetrazole rings is 1. The van der Waals surface area contributed by atoms with Gasteiger partial charge in [-0.3, -0.25) is 0 Å². The zero-order valence-corrected chi connectivity index (χ0v) is 11.9. The number of nitrogens with zero attached hydrogens (tertiary/aromatic N) is 6. The van der Waals surface area contributed by atoms with E-state index in [1.807, 2.05) is 0 Å². The molecule has 3 heterocycles. The van der Waals surface area contributed by atoms with Crippen LogP contribution in [0.4, 0.5) is 5.82 Å². The second-order valence-electron chi connectivity index (χ2n) is 6.15. The second kappa shape index (κ2) is 4.68. The quantitative estimate of drug-likeness (QED) is 0.789. The molecule has 0 atom stereocenters. The Morgan fingerprint density at radius 1 is 1.05 bits per heavy atom. The third-order valence-electron chi connectivity index (χ3n) is 4.73. The van der Waals surface area contributed by atoms with Crippen molar-refractivity contribution in [2.24, 2.45) is 5.92 Å². The van der Waals surface area contributed by atoms with Crippen molar-refractivity contribution in [3.63, 3.8) is 0 Å². The molecule has 4 rings (SSSR count). The van der Waals surface area contributed by atoms with Gasteiger partial charge < -0.3 is 4.90 Å². The number of rotatable bonds is 1. The van der Waals surface area contributed by atoms with Crippen LogP contribution in [0.3, 0.4) is 0 Å². The Labute approximate surface area is 118 Å². The maximum atomic E-state index is 4.70. The molecule has 1 saturated heterocycles. The first-order valence-electron chi connectivity index (χ1n) is 7.68. The van der Waals surface area contributed by atoms with Crippen LogP contribution in [0.2, 0.25) is 0 Å². The van der Waals surface area contributed by atoms with Gasteiger partial charge in [0.25, 0.3) is 0 Å². The van der Waals surface area contributed by atoms with Gasteiger partial charge in [-0.15, -0.1) is 14.8 Å². The number of aryl methyl sites for hydroxylation is 1. The number of fused-ring (bicyclic) bond motifs is 3. The lowest BCUT2D eigenvalue weighted by Gasteiger charge is -2.33. The largest absolute Gasteiger partial charge is 0.355 e. The third-order valence-corrected chi connectivity index (χ3v) is 4.73. The fraction of sp³-hybridized carbons (Fsp3) is 0.714. The van der Waals surface area contributed by atoms with Crippen molar-refractivity contribution in [2.75, 3.05) is 18.0 Å². The zero-order chi connectivity index (χ0) is 13.5. The highest BCUT2D eigenvalue weighted by Gasteiger charge is 2.25. The fourth-order valence-electron chi connectivity index (χ4n) is 3.45. The summed E-state index contributed by atoms with van der Waals surface area (Å²) in [5.74, 6) is 1.96. The summed E-state index contributed by atoms with van der Waals surface area (Å²) < 4.78 is 1.62. The molecule has 0 radical (unpaired) electrons. The smallest absolute Gasteiger partial charge is 0.203 e. The summed E-state index contributed by atoms with van der Waals surface area (Å²) in [7, 11) is 0. The van der Waals surface area contributed by atoms with E-state index >= 15 is 0 Å². The van der Waals surface area contributed by atoms with Crippen molar-refractivity contribution in [2.45, 2.75) is 45.4 Å². The van der Waals surface area contributed by atoms with E-state index in [9.17, 15) is 0 Å². The highest BCUT2D eigenvalue weighted by Crippen LogP contribution is 2.32. The molecule has 20 heavy (non-hydrogen) atoms. The van der Waals surface area contributed by atoms with Gasteiger partial charge in [0, 0.05) is 24.2 Å². The average molecular weight is 272 g/mol. The number of piperidine rings is 1. The van der Waals surface area contributed by atoms with Gasteiger partial charge in [0.1, 0.15) is 0 Å². The molecule has 0 aromatic carbocycles. The van der Waals surface area contributed by atoms with Crippen molar-refractivity contribution in [1.82, 2.24) is 25.3 Å². The molecule has 1 fully saturated rings. The van der Waals surface area contributed by atoms with E-state index in [1.54, 1.807) is 4.63 Å². The summed E-state index contributed by atoms with van der Waals surface area (Å²) in [4.78, 5) is 2.44. The highest BCUT2D eigenvalue weighted by molar-refractivity contribution is 5.60. The van der Waals surface area contributed by atoms with Gasteiger partial charge in [-0.25, -0.2) is 0 Å². The molecule has 6 nitrogen and oxygen atoms in total. The molecule has 0 bridgehead atoms. The maximum Gasteiger partial charge on any atom is 0.203 e. The molecule has 1 aliphatic heterocycles. The van der Waals surface area contributed by atoms with Crippen LogP contribution in [0, 0.1) is 5.92 Å². The molecule has 0 saturated carbocycles. The van der Waals surface area contributed by atoms with E-state index in [0.717, 1.165) is 43.3 Å². The molecule has 2 aromatic heterocycles. The molecule has 106 valence electrons. The zero-order valence-electron chi connectivity index (χ0n) is 11.9. The Bertz CT molecular complexity index is 626. The van der Waals surface area contributed by atoms with Gasteiger partial charge in [0.15, 0.2) is 5.82 Å². The van der Waals surface area contributed by atoms with Gasteiger partial charge in [-0.2, -0.15) is 0 Å². The van der Waals surface area contributed by atoms with E-state index in [2.05, 4.69) is 27.3 Å². The number of anilines is 1. The summed E-state index contributed by atoms with van der Waals surface area (Å²) in [6, 6.07) is 0. The molecule has 1 aliphatic carbocycles. The topological polar surface area (TPSA) is 59.2 Å². The molecular weight excluding hydrogens is 252 g/mol. The van der Waals surface area contributed by atoms with Crippen molar-refractivity contribution in [3.8, 4) is 0 Å². The first kappa shape index (κ1) is 12.1. The predicted molar refractivity (Wildman–Crippen MR) is 75.8 cm³/mol. The third kappa shape index (κ3) is 1.85. The lowest BCUT2D eigenvalue weighted by molar-refractivity contribution is 0.433. The number of aromatic nitrogens is 5. The second-order valence-corrected chi connectivity index (χ2v) is 6.15. The Morgan fingerprint density at radius 2 is 1.80 bits per heavy atom. The SMILES string of the molecule is CC1CCN(c2nn3nnnc3c3c2CCCC3)CC1. The standard InChI is InChI=1S/C14H20N6/c1-10-6-8-19(9-7-10)14-12-5-3-2-4-11(12)13-15-17-18-20(13)16-14/h10H,2-9H2,1H3. The Balaban J connectivity index is 1.82. The van der Waals surface area contributed by atoms with Crippen LogP contribution in [-0.4, -0.2) is 38.3 Å². The van der Waals surface area contributed by atoms with Crippen LogP contribution in [0.15, 0.2) is 0 Å². The van der Waals surface area contributed by atoms with Crippen molar-refractivity contribution in [3.05, 3.63) is 11.1 Å². The molecular formula is C14H20N6. The normalized spacial score (nSPS) is 20.4. The minimum atomic E-state index is 0.832. The van der Waals surface area contributed by atoms with Crippen LogP contribution in [0.25, 0.3) is 5.65 Å². The van der Waals surface area contributed by atoms with Crippen LogP contribution in [0.5, 0.6) is 0 Å². The molecule has 0 amide bonds. The minimum Gasteiger partial charge on any atom is -0.355 e. The van der Waals surface area contributed by atoms with Gasteiger partial charge in [0.2, 0.25) is 5.65 Å². The van der Waals surface area contributed by atoms with Crippen LogP contribution >= 0.6 is 0 Å². The van der Waals surface area contributed by atoms with Crippen LogP contribution in [0.1, 0.15) is 43.7 Å². The maximum absolute atomic E-state index is 4.70. The summed E-state index contributed by atoms with van der Waals surface area (Å²) in [5, 5.41) is 16.7. The lowest BCUT2D eigenvalue weighted by Crippen LogP contribution is -2.35. The van der Waals surface area contributed by atoms with E-state index in [0.29, 0.717) is 0 Å². The van der Waals surface area contributed by atoms with Crippen molar-refractivity contribution >= 4 is 11.5 Å². The van der Waals surface area contributed by atoms with Crippen molar-refractivity contribution < 1.29 is 0 Å². The van der Waals surface area contributed by atoms with Gasteiger partial charge >= 0.3 is 0 Å². The summed E-state index contributed by atoms with van der Waals surface area (Å²) in [5.41, 5.74) is 3.58. The molecule has 6 heteroatoms. The lowest BCUT2D eigenvalue weighted by atomic mass is 9.92. The molecule has 2 aromatic rings. The molecule has 2 aliphatic rings. The predicted octanol–water partition coefficient (Wildman–Crippen LogP) is 1.63. The summed E-state index contributed by atoms with van der Waals surface area (Å²) in [6.45, 7) is 4.55. The average Bonchev–Trinajstić information content (AvgIpc) is 2.96.